The molecule has 3 heterocycles. The Hall–Kier alpha value is -6.84. The van der Waals surface area contributed by atoms with Crippen LogP contribution >= 0.6 is 0 Å². The van der Waals surface area contributed by atoms with Crippen LogP contribution in [0.1, 0.15) is 18.9 Å². The Morgan fingerprint density at radius 2 is 1.35 bits per heavy atom. The highest BCUT2D eigenvalue weighted by atomic mass is 16.5. The van der Waals surface area contributed by atoms with Crippen LogP contribution in [0.2, 0.25) is 0 Å². The van der Waals surface area contributed by atoms with Crippen LogP contribution in [0.15, 0.2) is 217 Å². The van der Waals surface area contributed by atoms with E-state index in [0.29, 0.717) is 12.8 Å². The minimum absolute atomic E-state index is 0.666. The summed E-state index contributed by atoms with van der Waals surface area (Å²) in [4.78, 5) is 2.28. The highest BCUT2D eigenvalue weighted by molar-refractivity contribution is 6.11. The Bertz CT molecular complexity index is 2700. The summed E-state index contributed by atoms with van der Waals surface area (Å²) in [6.45, 7) is 11.1. The minimum atomic E-state index is 0.666. The van der Waals surface area contributed by atoms with Gasteiger partial charge in [-0.3, -0.25) is 0 Å². The Labute approximate surface area is 317 Å². The predicted molar refractivity (Wildman–Crippen MR) is 227 cm³/mol. The summed E-state index contributed by atoms with van der Waals surface area (Å²) in [5.41, 5.74) is 14.2. The number of nitrogens with zero attached hydrogens (tertiary/aromatic N) is 2. The summed E-state index contributed by atoms with van der Waals surface area (Å²) < 4.78 is 9.52. The van der Waals surface area contributed by atoms with Crippen LogP contribution in [0.5, 0.6) is 5.75 Å². The first-order valence-corrected chi connectivity index (χ1v) is 18.5. The van der Waals surface area contributed by atoms with Gasteiger partial charge >= 0.3 is 0 Å². The zero-order valence-corrected chi connectivity index (χ0v) is 30.4. The molecule has 7 aromatic rings. The number of fused-ring (bicyclic) bond motifs is 5. The van der Waals surface area contributed by atoms with Gasteiger partial charge in [0.1, 0.15) is 5.76 Å². The smallest absolute Gasteiger partial charge is 0.155 e. The third kappa shape index (κ3) is 5.71. The maximum absolute atomic E-state index is 7.16. The van der Waals surface area contributed by atoms with E-state index in [1.807, 2.05) is 6.08 Å². The monoisotopic (exact) mass is 696 g/mol. The fraction of sp³-hybridized carbons (Fsp3) is 0.0588. The summed E-state index contributed by atoms with van der Waals surface area (Å²) in [5.74, 6) is 1.69. The first-order chi connectivity index (χ1) is 26.6. The molecule has 0 spiro atoms. The molecule has 0 atom stereocenters. The van der Waals surface area contributed by atoms with Crippen molar-refractivity contribution in [2.45, 2.75) is 19.8 Å². The van der Waals surface area contributed by atoms with Gasteiger partial charge in [0.2, 0.25) is 0 Å². The van der Waals surface area contributed by atoms with Crippen molar-refractivity contribution in [1.82, 2.24) is 4.57 Å². The highest BCUT2D eigenvalue weighted by Crippen LogP contribution is 2.46. The zero-order valence-electron chi connectivity index (χ0n) is 30.4. The van der Waals surface area contributed by atoms with Crippen molar-refractivity contribution < 1.29 is 4.74 Å². The maximum Gasteiger partial charge on any atom is 0.155 e. The van der Waals surface area contributed by atoms with Crippen molar-refractivity contribution in [3.63, 3.8) is 0 Å². The van der Waals surface area contributed by atoms with Gasteiger partial charge in [0.05, 0.1) is 11.0 Å². The topological polar surface area (TPSA) is 17.4 Å². The summed E-state index contributed by atoms with van der Waals surface area (Å²) >= 11 is 0. The van der Waals surface area contributed by atoms with Gasteiger partial charge in [0.25, 0.3) is 0 Å². The molecule has 1 aromatic heterocycles. The Balaban J connectivity index is 1.20. The van der Waals surface area contributed by atoms with Crippen LogP contribution in [0, 0.1) is 0 Å². The van der Waals surface area contributed by atoms with Gasteiger partial charge in [-0.05, 0) is 83.7 Å². The van der Waals surface area contributed by atoms with Crippen LogP contribution in [-0.4, -0.2) is 4.57 Å². The van der Waals surface area contributed by atoms with Crippen molar-refractivity contribution >= 4 is 27.5 Å². The van der Waals surface area contributed by atoms with E-state index >= 15 is 0 Å². The third-order valence-electron chi connectivity index (χ3n) is 10.6. The summed E-state index contributed by atoms with van der Waals surface area (Å²) in [5, 5.41) is 2.36. The molecule has 0 amide bonds. The molecule has 3 heteroatoms. The van der Waals surface area contributed by atoms with Crippen LogP contribution < -0.4 is 9.64 Å². The molecule has 0 bridgehead atoms. The van der Waals surface area contributed by atoms with Gasteiger partial charge in [-0.1, -0.05) is 147 Å². The second-order valence-electron chi connectivity index (χ2n) is 13.8. The average molecular weight is 697 g/mol. The molecule has 0 N–H and O–H groups in total. The number of benzene rings is 6. The molecule has 9 rings (SSSR count). The predicted octanol–water partition coefficient (Wildman–Crippen LogP) is 13.3. The molecule has 54 heavy (non-hydrogen) atoms. The van der Waals surface area contributed by atoms with E-state index < -0.39 is 0 Å². The van der Waals surface area contributed by atoms with E-state index in [4.69, 9.17) is 11.3 Å². The molecule has 260 valence electrons. The number of hydrogen-bond donors (Lipinski definition) is 0. The molecule has 0 unspecified atom stereocenters. The van der Waals surface area contributed by atoms with Gasteiger partial charge in [-0.2, -0.15) is 0 Å². The number of hydrogen-bond acceptors (Lipinski definition) is 2. The van der Waals surface area contributed by atoms with E-state index in [2.05, 4.69) is 193 Å². The molecule has 0 aliphatic carbocycles. The fourth-order valence-electron chi connectivity index (χ4n) is 7.95. The van der Waals surface area contributed by atoms with Gasteiger partial charge in [0.15, 0.2) is 5.75 Å². The molecule has 3 nitrogen and oxygen atoms in total. The Morgan fingerprint density at radius 3 is 2.09 bits per heavy atom. The Morgan fingerprint density at radius 1 is 0.667 bits per heavy atom. The summed E-state index contributed by atoms with van der Waals surface area (Å²) in [6.07, 6.45) is 11.9. The van der Waals surface area contributed by atoms with E-state index in [1.54, 1.807) is 0 Å². The number of rotatable bonds is 6. The van der Waals surface area contributed by atoms with E-state index in [-0.39, 0.29) is 0 Å². The molecular weight excluding hydrogens is 657 g/mol. The average Bonchev–Trinajstić information content (AvgIpc) is 3.59. The van der Waals surface area contributed by atoms with Crippen LogP contribution in [0.3, 0.4) is 0 Å². The lowest BCUT2D eigenvalue weighted by Gasteiger charge is -2.33. The highest BCUT2D eigenvalue weighted by Gasteiger charge is 2.30. The number of ether oxygens (including phenoxy) is 1. The van der Waals surface area contributed by atoms with Crippen molar-refractivity contribution in [2.24, 2.45) is 0 Å². The zero-order chi connectivity index (χ0) is 36.6. The molecular formula is C51H40N2O. The van der Waals surface area contributed by atoms with Crippen LogP contribution in [0.4, 0.5) is 5.69 Å². The summed E-state index contributed by atoms with van der Waals surface area (Å²) in [7, 11) is 0. The SMILES string of the molecule is C=C/C1=C(\C=C/C)N(c2cccc(-c3ccccc3)c2)C(=C)C2=C(/C=C\C1)Oc1c(ccc3c4ccccc4n(-c4ccc(-c5ccccc5)cc4)c13)C2. The first kappa shape index (κ1) is 33.0. The van der Waals surface area contributed by atoms with Crippen LogP contribution in [-0.2, 0) is 6.42 Å². The largest absolute Gasteiger partial charge is 0.454 e. The van der Waals surface area contributed by atoms with E-state index in [9.17, 15) is 0 Å². The third-order valence-corrected chi connectivity index (χ3v) is 10.6. The van der Waals surface area contributed by atoms with E-state index in [1.165, 1.54) is 22.1 Å². The lowest BCUT2D eigenvalue weighted by atomic mass is 9.95. The minimum Gasteiger partial charge on any atom is -0.454 e. The second kappa shape index (κ2) is 13.9. The normalized spacial score (nSPS) is 16.5. The standard InChI is InChI=1S/C51H40N2O/c1-4-16-47-36(5-2)21-15-26-49-46(35(3)52(47)43-23-14-22-40(33-43)38-19-10-7-11-20-38)34-41-29-32-45-44-24-12-13-25-48(44)53(50(45)51(41)54-49)42-30-27-39(28-31-42)37-17-8-6-9-18-37/h4-20,22-33H,2-3,21,34H2,1H3/b16-4-,26-15-,47-36-. The lowest BCUT2D eigenvalue weighted by Crippen LogP contribution is -2.25. The van der Waals surface area contributed by atoms with Gasteiger partial charge in [-0.15, -0.1) is 0 Å². The molecule has 2 aliphatic rings. The lowest BCUT2D eigenvalue weighted by molar-refractivity contribution is 0.425. The molecule has 0 radical (unpaired) electrons. The van der Waals surface area contributed by atoms with Gasteiger partial charge < -0.3 is 14.2 Å². The maximum atomic E-state index is 7.16. The number of para-hydroxylation sites is 1. The van der Waals surface area contributed by atoms with Crippen molar-refractivity contribution in [3.05, 3.63) is 223 Å². The van der Waals surface area contributed by atoms with Crippen molar-refractivity contribution in [2.75, 3.05) is 4.90 Å². The van der Waals surface area contributed by atoms with Gasteiger partial charge in [-0.25, -0.2) is 0 Å². The molecule has 0 saturated carbocycles. The van der Waals surface area contributed by atoms with Crippen LogP contribution in [0.25, 0.3) is 49.7 Å². The Kier molecular flexibility index (Phi) is 8.53. The number of anilines is 1. The molecule has 2 aliphatic heterocycles. The van der Waals surface area contributed by atoms with Crippen molar-refractivity contribution in [1.29, 1.82) is 0 Å². The number of aromatic nitrogens is 1. The van der Waals surface area contributed by atoms with Crippen molar-refractivity contribution in [3.8, 4) is 33.7 Å². The molecule has 0 fully saturated rings. The van der Waals surface area contributed by atoms with Gasteiger partial charge in [0, 0.05) is 51.1 Å². The van der Waals surface area contributed by atoms with E-state index in [0.717, 1.165) is 73.0 Å². The summed E-state index contributed by atoms with van der Waals surface area (Å²) in [6, 6.07) is 51.7. The number of allylic oxidation sites excluding steroid dienone is 7. The quantitative estimate of drug-likeness (QED) is 0.172. The first-order valence-electron chi connectivity index (χ1n) is 18.5. The fourth-order valence-corrected chi connectivity index (χ4v) is 7.95. The molecule has 6 aromatic carbocycles. The second-order valence-corrected chi connectivity index (χ2v) is 13.8. The molecule has 0 saturated heterocycles.